The molecule has 2 atom stereocenters. The molecule has 1 aromatic rings. The van der Waals surface area contributed by atoms with E-state index in [1.807, 2.05) is 0 Å². The fourth-order valence-electron chi connectivity index (χ4n) is 4.87. The Balaban J connectivity index is 2.10. The maximum atomic E-state index is 12.4. The summed E-state index contributed by atoms with van der Waals surface area (Å²) in [5, 5.41) is 63.7. The van der Waals surface area contributed by atoms with Crippen LogP contribution in [-0.2, 0) is 19.2 Å². The number of benzene rings is 1. The fraction of sp³-hybridized carbons (Fsp3) is 0.645. The molecule has 9 N–H and O–H groups in total. The van der Waals surface area contributed by atoms with Crippen LogP contribution < -0.4 is 26.9 Å². The van der Waals surface area contributed by atoms with Crippen LogP contribution in [0.3, 0.4) is 0 Å². The van der Waals surface area contributed by atoms with E-state index in [2.05, 4.69) is 16.0 Å². The Hall–Kier alpha value is -3.46. The molecule has 16 heteroatoms. The van der Waals surface area contributed by atoms with E-state index >= 15 is 0 Å². The van der Waals surface area contributed by atoms with E-state index in [0.717, 1.165) is 51.4 Å². The van der Waals surface area contributed by atoms with Gasteiger partial charge in [0.1, 0.15) is 6.04 Å². The number of rotatable bonds is 26. The predicted octanol–water partition coefficient (Wildman–Crippen LogP) is 0.0338. The minimum atomic E-state index is -1.85. The van der Waals surface area contributed by atoms with Gasteiger partial charge in [-0.15, -0.1) is 0 Å². The van der Waals surface area contributed by atoms with E-state index in [0.29, 0.717) is 38.8 Å². The van der Waals surface area contributed by atoms with E-state index in [4.69, 9.17) is 5.11 Å². The molecular formula is C31H51B2N3O11. The van der Waals surface area contributed by atoms with Crippen molar-refractivity contribution in [2.45, 2.75) is 109 Å². The van der Waals surface area contributed by atoms with E-state index in [-0.39, 0.29) is 47.6 Å². The second-order valence-corrected chi connectivity index (χ2v) is 11.9. The maximum Gasteiger partial charge on any atom is 0.488 e. The molecule has 1 rings (SSSR count). The minimum Gasteiger partial charge on any atom is -0.481 e. The molecule has 0 fully saturated rings. The molecule has 1 aromatic carbocycles. The van der Waals surface area contributed by atoms with E-state index in [1.165, 1.54) is 18.2 Å². The third-order valence-electron chi connectivity index (χ3n) is 7.80. The highest BCUT2D eigenvalue weighted by Gasteiger charge is 2.22. The highest BCUT2D eigenvalue weighted by molar-refractivity contribution is 6.62. The second kappa shape index (κ2) is 23.8. The number of carboxylic acid groups (broad SMARTS) is 2. The molecule has 0 saturated heterocycles. The van der Waals surface area contributed by atoms with Crippen molar-refractivity contribution in [2.75, 3.05) is 13.1 Å². The van der Waals surface area contributed by atoms with Crippen LogP contribution in [0.4, 0.5) is 0 Å². The van der Waals surface area contributed by atoms with Crippen LogP contribution in [0.1, 0.15) is 114 Å². The minimum absolute atomic E-state index is 0.0134. The first-order valence-corrected chi connectivity index (χ1v) is 16.5. The van der Waals surface area contributed by atoms with E-state index in [1.54, 1.807) is 6.92 Å². The second-order valence-electron chi connectivity index (χ2n) is 11.9. The van der Waals surface area contributed by atoms with Crippen molar-refractivity contribution in [3.05, 3.63) is 23.8 Å². The first kappa shape index (κ1) is 41.6. The zero-order valence-electron chi connectivity index (χ0n) is 27.3. The molecule has 0 aliphatic rings. The summed E-state index contributed by atoms with van der Waals surface area (Å²) in [6.07, 6.45) is 10.1. The highest BCUT2D eigenvalue weighted by Crippen LogP contribution is 2.11. The van der Waals surface area contributed by atoms with Gasteiger partial charge in [0.05, 0.1) is 5.92 Å². The first-order valence-electron chi connectivity index (χ1n) is 16.5. The average molecular weight is 663 g/mol. The smallest absolute Gasteiger partial charge is 0.481 e. The molecule has 0 radical (unpaired) electrons. The van der Waals surface area contributed by atoms with Gasteiger partial charge in [-0.2, -0.15) is 0 Å². The summed E-state index contributed by atoms with van der Waals surface area (Å²) >= 11 is 0. The lowest BCUT2D eigenvalue weighted by Gasteiger charge is -2.14. The van der Waals surface area contributed by atoms with Crippen molar-refractivity contribution >= 4 is 54.8 Å². The quantitative estimate of drug-likeness (QED) is 0.0473. The number of nitrogens with one attached hydrogen (secondary N) is 3. The van der Waals surface area contributed by atoms with Crippen LogP contribution in [0.2, 0.25) is 0 Å². The molecule has 47 heavy (non-hydrogen) atoms. The Bertz CT molecular complexity index is 1110. The molecule has 0 heterocycles. The van der Waals surface area contributed by atoms with Crippen molar-refractivity contribution < 1.29 is 54.3 Å². The molecule has 0 bridgehead atoms. The number of unbranched alkanes of at least 4 members (excludes halogenated alkanes) is 9. The Kier molecular flexibility index (Phi) is 21.0. The monoisotopic (exact) mass is 663 g/mol. The van der Waals surface area contributed by atoms with Gasteiger partial charge < -0.3 is 46.3 Å². The molecule has 3 amide bonds. The summed E-state index contributed by atoms with van der Waals surface area (Å²) in [4.78, 5) is 59.0. The standard InChI is InChI=1S/C31H51B2N3O11/c1-22(30(40)41)13-10-12-17-34-27(37)16-15-26(31(42)43)36-28(38)14-9-7-5-3-2-4-6-8-11-18-35-29(39)23-19-24(32(44)45)21-25(20-23)33(46)47/h19-22,26,44-47H,2-18H2,1H3,(H,34,37)(H,35,39)(H,36,38)(H,40,41)(H,42,43)/t22-,26-/m0/s1. The van der Waals surface area contributed by atoms with Gasteiger partial charge in [0.2, 0.25) is 11.8 Å². The van der Waals surface area contributed by atoms with Crippen LogP contribution in [0.25, 0.3) is 0 Å². The normalized spacial score (nSPS) is 12.1. The number of carbonyl (C=O) groups is 5. The van der Waals surface area contributed by atoms with Crippen LogP contribution in [0.5, 0.6) is 0 Å². The Labute approximate surface area is 277 Å². The molecule has 262 valence electrons. The SMILES string of the molecule is C[C@@H](CCCCNC(=O)CC[C@H](NC(=O)CCCCCCCCCCCNC(=O)c1cc(B(O)O)cc(B(O)O)c1)C(=O)O)C(=O)O. The lowest BCUT2D eigenvalue weighted by atomic mass is 9.72. The topological polar surface area (TPSA) is 243 Å². The molecule has 0 aliphatic heterocycles. The summed E-state index contributed by atoms with van der Waals surface area (Å²) in [6.45, 7) is 2.44. The van der Waals surface area contributed by atoms with Crippen molar-refractivity contribution in [1.82, 2.24) is 16.0 Å². The molecule has 0 spiro atoms. The molecule has 0 saturated carbocycles. The molecule has 14 nitrogen and oxygen atoms in total. The van der Waals surface area contributed by atoms with Crippen LogP contribution >= 0.6 is 0 Å². The number of aliphatic carboxylic acids is 2. The van der Waals surface area contributed by atoms with Gasteiger partial charge in [0.15, 0.2) is 0 Å². The number of amides is 3. The van der Waals surface area contributed by atoms with Gasteiger partial charge >= 0.3 is 26.2 Å². The van der Waals surface area contributed by atoms with Gasteiger partial charge in [-0.3, -0.25) is 19.2 Å². The Morgan fingerprint density at radius 2 is 1.13 bits per heavy atom. The van der Waals surface area contributed by atoms with Crippen LogP contribution in [-0.4, -0.2) is 93.3 Å². The largest absolute Gasteiger partial charge is 0.488 e. The lowest BCUT2D eigenvalue weighted by molar-refractivity contribution is -0.142. The van der Waals surface area contributed by atoms with Crippen molar-refractivity contribution in [2.24, 2.45) is 5.92 Å². The van der Waals surface area contributed by atoms with Gasteiger partial charge in [-0.05, 0) is 55.2 Å². The summed E-state index contributed by atoms with van der Waals surface area (Å²) in [5.41, 5.74) is 0.0775. The molecular weight excluding hydrogens is 612 g/mol. The number of carbonyl (C=O) groups excluding carboxylic acids is 3. The third kappa shape index (κ3) is 19.1. The van der Waals surface area contributed by atoms with Crippen molar-refractivity contribution in [3.8, 4) is 0 Å². The highest BCUT2D eigenvalue weighted by atomic mass is 16.4. The molecule has 0 unspecified atom stereocenters. The van der Waals surface area contributed by atoms with Crippen LogP contribution in [0, 0.1) is 5.92 Å². The van der Waals surface area contributed by atoms with Gasteiger partial charge in [-0.25, -0.2) is 4.79 Å². The summed E-state index contributed by atoms with van der Waals surface area (Å²) in [5.74, 6) is -3.60. The average Bonchev–Trinajstić information content (AvgIpc) is 3.02. The molecule has 0 aromatic heterocycles. The zero-order chi connectivity index (χ0) is 35.2. The third-order valence-corrected chi connectivity index (χ3v) is 7.80. The summed E-state index contributed by atoms with van der Waals surface area (Å²) in [7, 11) is -3.69. The van der Waals surface area contributed by atoms with Gasteiger partial charge in [0.25, 0.3) is 5.91 Å². The van der Waals surface area contributed by atoms with Crippen LogP contribution in [0.15, 0.2) is 18.2 Å². The van der Waals surface area contributed by atoms with Gasteiger partial charge in [-0.1, -0.05) is 64.4 Å². The first-order chi connectivity index (χ1) is 22.3. The lowest BCUT2D eigenvalue weighted by Crippen LogP contribution is -2.41. The zero-order valence-corrected chi connectivity index (χ0v) is 27.3. The molecule has 0 aliphatic carbocycles. The number of carboxylic acids is 2. The predicted molar refractivity (Wildman–Crippen MR) is 177 cm³/mol. The summed E-state index contributed by atoms with van der Waals surface area (Å²) < 4.78 is 0. The Morgan fingerprint density at radius 1 is 0.617 bits per heavy atom. The van der Waals surface area contributed by atoms with Crippen molar-refractivity contribution in [1.29, 1.82) is 0 Å². The van der Waals surface area contributed by atoms with E-state index < -0.39 is 44.0 Å². The summed E-state index contributed by atoms with van der Waals surface area (Å²) in [6, 6.07) is 2.63. The maximum absolute atomic E-state index is 12.4. The number of hydrogen-bond donors (Lipinski definition) is 9. The Morgan fingerprint density at radius 3 is 1.66 bits per heavy atom. The van der Waals surface area contributed by atoms with Gasteiger partial charge in [0, 0.05) is 31.5 Å². The number of hydrogen-bond acceptors (Lipinski definition) is 9. The van der Waals surface area contributed by atoms with Crippen molar-refractivity contribution in [3.63, 3.8) is 0 Å². The fourth-order valence-corrected chi connectivity index (χ4v) is 4.87. The van der Waals surface area contributed by atoms with E-state index in [9.17, 15) is 49.2 Å².